The van der Waals surface area contributed by atoms with Crippen LogP contribution < -0.4 is 9.47 Å². The number of ether oxygens (including phenoxy) is 2. The lowest BCUT2D eigenvalue weighted by Crippen LogP contribution is -2.12. The highest BCUT2D eigenvalue weighted by Gasteiger charge is 2.09. The van der Waals surface area contributed by atoms with E-state index >= 15 is 0 Å². The highest BCUT2D eigenvalue weighted by atomic mass is 35.5. The van der Waals surface area contributed by atoms with Crippen molar-refractivity contribution in [3.05, 3.63) is 59.1 Å². The molecule has 3 nitrogen and oxygen atoms in total. The molecule has 0 aliphatic carbocycles. The average molecular weight is 305 g/mol. The van der Waals surface area contributed by atoms with E-state index in [-0.39, 0.29) is 12.4 Å². The summed E-state index contributed by atoms with van der Waals surface area (Å²) in [4.78, 5) is 12.0. The molecule has 0 aliphatic rings. The summed E-state index contributed by atoms with van der Waals surface area (Å²) in [5.41, 5.74) is 0.575. The van der Waals surface area contributed by atoms with Crippen LogP contribution in [0.25, 0.3) is 0 Å². The van der Waals surface area contributed by atoms with E-state index < -0.39 is 0 Å². The second kappa shape index (κ2) is 7.70. The molecule has 2 aromatic carbocycles. The van der Waals surface area contributed by atoms with Gasteiger partial charge in [0.2, 0.25) is 0 Å². The van der Waals surface area contributed by atoms with E-state index in [0.717, 1.165) is 6.42 Å². The Morgan fingerprint density at radius 3 is 2.24 bits per heavy atom. The molecule has 110 valence electrons. The normalized spacial score (nSPS) is 10.2. The van der Waals surface area contributed by atoms with Crippen molar-refractivity contribution in [2.75, 3.05) is 13.2 Å². The van der Waals surface area contributed by atoms with E-state index in [1.807, 2.05) is 25.1 Å². The molecule has 0 aromatic heterocycles. The summed E-state index contributed by atoms with van der Waals surface area (Å²) in [6.45, 7) is 2.62. The molecule has 0 N–H and O–H groups in total. The second-order valence-corrected chi connectivity index (χ2v) is 4.95. The number of halogens is 1. The first-order chi connectivity index (χ1) is 10.2. The van der Waals surface area contributed by atoms with Gasteiger partial charge in [-0.3, -0.25) is 4.79 Å². The first-order valence-electron chi connectivity index (χ1n) is 6.84. The maximum Gasteiger partial charge on any atom is 0.200 e. The van der Waals surface area contributed by atoms with E-state index in [9.17, 15) is 4.79 Å². The molecule has 0 saturated heterocycles. The number of para-hydroxylation sites is 2. The summed E-state index contributed by atoms with van der Waals surface area (Å²) in [5.74, 6) is 1.13. The Balaban J connectivity index is 1.99. The minimum Gasteiger partial charge on any atom is -0.490 e. The van der Waals surface area contributed by atoms with Gasteiger partial charge in [-0.15, -0.1) is 0 Å². The lowest BCUT2D eigenvalue weighted by Gasteiger charge is -2.11. The van der Waals surface area contributed by atoms with Crippen LogP contribution in [-0.4, -0.2) is 19.0 Å². The summed E-state index contributed by atoms with van der Waals surface area (Å²) < 4.78 is 11.2. The second-order valence-electron chi connectivity index (χ2n) is 4.51. The fourth-order valence-electron chi connectivity index (χ4n) is 1.76. The number of Topliss-reactive ketones (excluding diaryl/α,β-unsaturated/α-hetero) is 1. The number of benzene rings is 2. The van der Waals surface area contributed by atoms with Crippen molar-refractivity contribution in [1.82, 2.24) is 0 Å². The van der Waals surface area contributed by atoms with Crippen molar-refractivity contribution < 1.29 is 14.3 Å². The zero-order chi connectivity index (χ0) is 15.1. The molecule has 0 heterocycles. The SMILES string of the molecule is CCCOc1ccccc1OCC(=O)c1ccc(Cl)cc1. The maximum absolute atomic E-state index is 12.0. The molecule has 21 heavy (non-hydrogen) atoms. The Bertz CT molecular complexity index is 593. The van der Waals surface area contributed by atoms with Crippen LogP contribution in [-0.2, 0) is 0 Å². The zero-order valence-corrected chi connectivity index (χ0v) is 12.6. The van der Waals surface area contributed by atoms with Crippen LogP contribution >= 0.6 is 11.6 Å². The third-order valence-corrected chi connectivity index (χ3v) is 3.09. The molecular weight excluding hydrogens is 288 g/mol. The van der Waals surface area contributed by atoms with E-state index in [2.05, 4.69) is 0 Å². The minimum absolute atomic E-state index is 0.0336. The van der Waals surface area contributed by atoms with Crippen molar-refractivity contribution in [3.63, 3.8) is 0 Å². The minimum atomic E-state index is -0.100. The van der Waals surface area contributed by atoms with Crippen molar-refractivity contribution in [1.29, 1.82) is 0 Å². The topological polar surface area (TPSA) is 35.5 Å². The van der Waals surface area contributed by atoms with Crippen LogP contribution in [0.5, 0.6) is 11.5 Å². The van der Waals surface area contributed by atoms with Crippen LogP contribution in [0.3, 0.4) is 0 Å². The van der Waals surface area contributed by atoms with Crippen molar-refractivity contribution in [2.45, 2.75) is 13.3 Å². The molecule has 0 aliphatic heterocycles. The van der Waals surface area contributed by atoms with Crippen LogP contribution in [0.2, 0.25) is 5.02 Å². The summed E-state index contributed by atoms with van der Waals surface area (Å²) >= 11 is 5.80. The van der Waals surface area contributed by atoms with E-state index in [4.69, 9.17) is 21.1 Å². The number of carbonyl (C=O) groups excluding carboxylic acids is 1. The van der Waals surface area contributed by atoms with Gasteiger partial charge in [0.05, 0.1) is 6.61 Å². The standard InChI is InChI=1S/C17H17ClO3/c1-2-11-20-16-5-3-4-6-17(16)21-12-15(19)13-7-9-14(18)10-8-13/h3-10H,2,11-12H2,1H3. The lowest BCUT2D eigenvalue weighted by atomic mass is 10.1. The molecule has 0 atom stereocenters. The number of rotatable bonds is 7. The predicted octanol–water partition coefficient (Wildman–Crippen LogP) is 4.39. The van der Waals surface area contributed by atoms with Gasteiger partial charge in [0.25, 0.3) is 0 Å². The number of hydrogen-bond donors (Lipinski definition) is 0. The summed E-state index contributed by atoms with van der Waals surface area (Å²) in [7, 11) is 0. The Morgan fingerprint density at radius 2 is 1.62 bits per heavy atom. The molecule has 0 saturated carbocycles. The first kappa shape index (κ1) is 15.4. The summed E-state index contributed by atoms with van der Waals surface area (Å²) in [6, 6.07) is 14.1. The van der Waals surface area contributed by atoms with Gasteiger partial charge in [0.15, 0.2) is 23.9 Å². The van der Waals surface area contributed by atoms with Crippen molar-refractivity contribution in [3.8, 4) is 11.5 Å². The summed E-state index contributed by atoms with van der Waals surface area (Å²) in [5, 5.41) is 0.603. The Morgan fingerprint density at radius 1 is 1.00 bits per heavy atom. The molecule has 2 rings (SSSR count). The Kier molecular flexibility index (Phi) is 5.64. The summed E-state index contributed by atoms with van der Waals surface area (Å²) in [6.07, 6.45) is 0.915. The highest BCUT2D eigenvalue weighted by molar-refractivity contribution is 6.30. The molecular formula is C17H17ClO3. The third-order valence-electron chi connectivity index (χ3n) is 2.84. The van der Waals surface area contributed by atoms with Gasteiger partial charge in [0.1, 0.15) is 0 Å². The molecule has 0 amide bonds. The number of hydrogen-bond acceptors (Lipinski definition) is 3. The largest absolute Gasteiger partial charge is 0.490 e. The van der Waals surface area contributed by atoms with Gasteiger partial charge in [-0.1, -0.05) is 30.7 Å². The predicted molar refractivity (Wildman–Crippen MR) is 83.5 cm³/mol. The van der Waals surface area contributed by atoms with Gasteiger partial charge in [-0.2, -0.15) is 0 Å². The number of carbonyl (C=O) groups is 1. The van der Waals surface area contributed by atoms with Crippen molar-refractivity contribution >= 4 is 17.4 Å². The lowest BCUT2D eigenvalue weighted by molar-refractivity contribution is 0.0919. The van der Waals surface area contributed by atoms with E-state index in [1.54, 1.807) is 30.3 Å². The molecule has 2 aromatic rings. The van der Waals surface area contributed by atoms with Gasteiger partial charge in [-0.25, -0.2) is 0 Å². The molecule has 0 fully saturated rings. The van der Waals surface area contributed by atoms with Crippen molar-refractivity contribution in [2.24, 2.45) is 0 Å². The zero-order valence-electron chi connectivity index (χ0n) is 11.8. The quantitative estimate of drug-likeness (QED) is 0.712. The van der Waals surface area contributed by atoms with Gasteiger partial charge in [0, 0.05) is 10.6 Å². The fourth-order valence-corrected chi connectivity index (χ4v) is 1.89. The molecule has 4 heteroatoms. The van der Waals surface area contributed by atoms with Gasteiger partial charge < -0.3 is 9.47 Å². The monoisotopic (exact) mass is 304 g/mol. The Hall–Kier alpha value is -2.00. The van der Waals surface area contributed by atoms with Crippen LogP contribution in [0.4, 0.5) is 0 Å². The highest BCUT2D eigenvalue weighted by Crippen LogP contribution is 2.26. The average Bonchev–Trinajstić information content (AvgIpc) is 2.52. The van der Waals surface area contributed by atoms with Gasteiger partial charge in [-0.05, 0) is 42.8 Å². The third kappa shape index (κ3) is 4.50. The van der Waals surface area contributed by atoms with Gasteiger partial charge >= 0.3 is 0 Å². The van der Waals surface area contributed by atoms with Crippen LogP contribution in [0.1, 0.15) is 23.7 Å². The number of ketones is 1. The molecule has 0 spiro atoms. The first-order valence-corrected chi connectivity index (χ1v) is 7.22. The van der Waals surface area contributed by atoms with Crippen LogP contribution in [0, 0.1) is 0 Å². The van der Waals surface area contributed by atoms with Crippen LogP contribution in [0.15, 0.2) is 48.5 Å². The molecule has 0 radical (unpaired) electrons. The fraction of sp³-hybridized carbons (Fsp3) is 0.235. The van der Waals surface area contributed by atoms with E-state index in [0.29, 0.717) is 28.7 Å². The Labute approximate surface area is 129 Å². The molecule has 0 unspecified atom stereocenters. The molecule has 0 bridgehead atoms. The van der Waals surface area contributed by atoms with E-state index in [1.165, 1.54) is 0 Å². The maximum atomic E-state index is 12.0. The smallest absolute Gasteiger partial charge is 0.200 e.